The van der Waals surface area contributed by atoms with Gasteiger partial charge in [-0.2, -0.15) is 4.98 Å². The highest BCUT2D eigenvalue weighted by Crippen LogP contribution is 2.38. The predicted molar refractivity (Wildman–Crippen MR) is 173 cm³/mol. The van der Waals surface area contributed by atoms with Gasteiger partial charge in [-0.3, -0.25) is 9.59 Å². The molecule has 236 valence electrons. The SMILES string of the molecule is CCCNC(=O)C[C@H]1C[C@@H](CC(=O)NC)CN(c2nc(Nc3cc(C)c(C4CCNCC4)cc3OC(C)C)ncc2Cl)C1. The van der Waals surface area contributed by atoms with E-state index in [4.69, 9.17) is 21.3 Å². The van der Waals surface area contributed by atoms with Crippen LogP contribution in [-0.2, 0) is 9.59 Å². The van der Waals surface area contributed by atoms with Gasteiger partial charge in [0.2, 0.25) is 17.8 Å². The molecule has 0 unspecified atom stereocenters. The molecule has 2 amide bonds. The largest absolute Gasteiger partial charge is 0.489 e. The molecule has 10 nitrogen and oxygen atoms in total. The summed E-state index contributed by atoms with van der Waals surface area (Å²) >= 11 is 6.68. The maximum absolute atomic E-state index is 12.6. The van der Waals surface area contributed by atoms with E-state index in [-0.39, 0.29) is 29.8 Å². The van der Waals surface area contributed by atoms with Gasteiger partial charge in [0.1, 0.15) is 10.8 Å². The van der Waals surface area contributed by atoms with Crippen LogP contribution < -0.4 is 30.9 Å². The van der Waals surface area contributed by atoms with Gasteiger partial charge in [-0.15, -0.1) is 0 Å². The predicted octanol–water partition coefficient (Wildman–Crippen LogP) is 4.93. The van der Waals surface area contributed by atoms with Crippen LogP contribution in [0.15, 0.2) is 18.3 Å². The highest BCUT2D eigenvalue weighted by molar-refractivity contribution is 6.32. The zero-order valence-electron chi connectivity index (χ0n) is 26.3. The highest BCUT2D eigenvalue weighted by Gasteiger charge is 2.32. The molecule has 2 aliphatic rings. The molecule has 4 N–H and O–H groups in total. The summed E-state index contributed by atoms with van der Waals surface area (Å²) in [6.07, 6.45) is 6.28. The lowest BCUT2D eigenvalue weighted by Gasteiger charge is -2.38. The van der Waals surface area contributed by atoms with Crippen molar-refractivity contribution in [3.05, 3.63) is 34.5 Å². The van der Waals surface area contributed by atoms with Gasteiger partial charge in [0, 0.05) is 39.5 Å². The zero-order valence-corrected chi connectivity index (χ0v) is 27.0. The first-order valence-corrected chi connectivity index (χ1v) is 16.1. The van der Waals surface area contributed by atoms with E-state index in [2.05, 4.69) is 50.2 Å². The van der Waals surface area contributed by atoms with E-state index in [0.29, 0.717) is 55.2 Å². The van der Waals surface area contributed by atoms with Crippen LogP contribution in [0.3, 0.4) is 0 Å². The van der Waals surface area contributed by atoms with Gasteiger partial charge in [0.05, 0.1) is 18.0 Å². The van der Waals surface area contributed by atoms with Crippen molar-refractivity contribution in [2.75, 3.05) is 50.0 Å². The molecule has 11 heteroatoms. The Morgan fingerprint density at radius 3 is 2.49 bits per heavy atom. The van der Waals surface area contributed by atoms with Crippen LogP contribution in [0, 0.1) is 18.8 Å². The van der Waals surface area contributed by atoms with E-state index in [1.54, 1.807) is 13.2 Å². The van der Waals surface area contributed by atoms with Crippen LogP contribution in [0.2, 0.25) is 5.02 Å². The Labute approximate surface area is 261 Å². The standard InChI is InChI=1S/C32H48ClN7O3/c1-6-9-36-30(42)15-23-13-22(14-29(41)34-5)18-40(19-23)31-26(33)17-37-32(39-31)38-27-12-21(4)25(16-28(27)43-20(2)3)24-7-10-35-11-8-24/h12,16-17,20,22-24,35H,6-11,13-15,18-19H2,1-5H3,(H,34,41)(H,36,42)(H,37,38,39)/t22-,23+/m0/s1. The third-order valence-corrected chi connectivity index (χ3v) is 8.47. The number of benzene rings is 1. The number of piperidine rings is 2. The minimum Gasteiger partial charge on any atom is -0.489 e. The quantitative estimate of drug-likeness (QED) is 0.266. The molecule has 0 radical (unpaired) electrons. The van der Waals surface area contributed by atoms with Crippen LogP contribution in [0.5, 0.6) is 5.75 Å². The number of nitrogens with one attached hydrogen (secondary N) is 4. The summed E-state index contributed by atoms with van der Waals surface area (Å²) in [5, 5.41) is 13.0. The van der Waals surface area contributed by atoms with Crippen LogP contribution >= 0.6 is 11.6 Å². The molecule has 0 spiro atoms. The fourth-order valence-corrected chi connectivity index (χ4v) is 6.45. The Morgan fingerprint density at radius 1 is 1.14 bits per heavy atom. The lowest BCUT2D eigenvalue weighted by Crippen LogP contribution is -2.44. The summed E-state index contributed by atoms with van der Waals surface area (Å²) in [5.74, 6) is 2.43. The number of ether oxygens (including phenoxy) is 1. The molecule has 0 saturated carbocycles. The summed E-state index contributed by atoms with van der Waals surface area (Å²) in [6.45, 7) is 12.2. The van der Waals surface area contributed by atoms with Crippen molar-refractivity contribution in [2.45, 2.75) is 78.2 Å². The summed E-state index contributed by atoms with van der Waals surface area (Å²) in [6, 6.07) is 4.30. The molecule has 2 aromatic rings. The summed E-state index contributed by atoms with van der Waals surface area (Å²) < 4.78 is 6.27. The average molecular weight is 614 g/mol. The van der Waals surface area contributed by atoms with Gasteiger partial charge in [-0.25, -0.2) is 4.98 Å². The third kappa shape index (κ3) is 9.19. The number of carbonyl (C=O) groups excluding carboxylic acids is 2. The van der Waals surface area contributed by atoms with E-state index < -0.39 is 0 Å². The molecule has 43 heavy (non-hydrogen) atoms. The van der Waals surface area contributed by atoms with Gasteiger partial charge >= 0.3 is 0 Å². The number of hydrogen-bond donors (Lipinski definition) is 4. The van der Waals surface area contributed by atoms with E-state index in [9.17, 15) is 9.59 Å². The molecule has 2 aliphatic heterocycles. The number of carbonyl (C=O) groups is 2. The molecular formula is C32H48ClN7O3. The van der Waals surface area contributed by atoms with Crippen LogP contribution in [-0.4, -0.2) is 67.7 Å². The van der Waals surface area contributed by atoms with Crippen molar-refractivity contribution in [2.24, 2.45) is 11.8 Å². The van der Waals surface area contributed by atoms with Crippen molar-refractivity contribution in [3.8, 4) is 5.75 Å². The molecule has 0 aliphatic carbocycles. The van der Waals surface area contributed by atoms with Crippen LogP contribution in [0.4, 0.5) is 17.5 Å². The van der Waals surface area contributed by atoms with E-state index in [0.717, 1.165) is 50.2 Å². The minimum absolute atomic E-state index is 0.00268. The third-order valence-electron chi connectivity index (χ3n) is 8.20. The first-order valence-electron chi connectivity index (χ1n) is 15.7. The number of hydrogen-bond acceptors (Lipinski definition) is 8. The first kappa shape index (κ1) is 32.8. The molecular weight excluding hydrogens is 566 g/mol. The first-order chi connectivity index (χ1) is 20.7. The van der Waals surface area contributed by atoms with Gasteiger partial charge in [0.25, 0.3) is 0 Å². The molecule has 2 atom stereocenters. The Hall–Kier alpha value is -3.11. The number of nitrogens with zero attached hydrogens (tertiary/aromatic N) is 3. The second kappa shape index (κ2) is 15.6. The lowest BCUT2D eigenvalue weighted by molar-refractivity contribution is -0.122. The average Bonchev–Trinajstić information content (AvgIpc) is 2.98. The van der Waals surface area contributed by atoms with E-state index in [1.165, 1.54) is 11.1 Å². The maximum Gasteiger partial charge on any atom is 0.229 e. The summed E-state index contributed by atoms with van der Waals surface area (Å²) in [7, 11) is 1.65. The van der Waals surface area contributed by atoms with E-state index in [1.807, 2.05) is 20.8 Å². The summed E-state index contributed by atoms with van der Waals surface area (Å²) in [5.41, 5.74) is 3.33. The number of aryl methyl sites for hydroxylation is 1. The van der Waals surface area contributed by atoms with Crippen molar-refractivity contribution in [1.29, 1.82) is 0 Å². The molecule has 1 aromatic heterocycles. The fraction of sp³-hybridized carbons (Fsp3) is 0.625. The van der Waals surface area contributed by atoms with Crippen molar-refractivity contribution in [3.63, 3.8) is 0 Å². The second-order valence-corrected chi connectivity index (χ2v) is 12.6. The molecule has 2 fully saturated rings. The van der Waals surface area contributed by atoms with Gasteiger partial charge < -0.3 is 30.9 Å². The van der Waals surface area contributed by atoms with Crippen LogP contribution in [0.1, 0.15) is 76.3 Å². The molecule has 3 heterocycles. The maximum atomic E-state index is 12.6. The normalized spacial score (nSPS) is 19.3. The molecule has 2 saturated heterocycles. The fourth-order valence-electron chi connectivity index (χ4n) is 6.24. The highest BCUT2D eigenvalue weighted by atomic mass is 35.5. The Bertz CT molecular complexity index is 1250. The Kier molecular flexibility index (Phi) is 11.9. The zero-order chi connectivity index (χ0) is 30.9. The number of amides is 2. The number of halogens is 1. The van der Waals surface area contributed by atoms with Crippen molar-refractivity contribution in [1.82, 2.24) is 25.9 Å². The van der Waals surface area contributed by atoms with Gasteiger partial charge in [-0.05, 0) is 101 Å². The number of rotatable bonds is 12. The number of aromatic nitrogens is 2. The molecule has 0 bridgehead atoms. The lowest BCUT2D eigenvalue weighted by atomic mass is 9.85. The molecule has 4 rings (SSSR count). The van der Waals surface area contributed by atoms with Crippen molar-refractivity contribution < 1.29 is 14.3 Å². The van der Waals surface area contributed by atoms with Crippen LogP contribution in [0.25, 0.3) is 0 Å². The van der Waals surface area contributed by atoms with E-state index >= 15 is 0 Å². The Balaban J connectivity index is 1.59. The number of anilines is 3. The second-order valence-electron chi connectivity index (χ2n) is 12.2. The monoisotopic (exact) mass is 613 g/mol. The van der Waals surface area contributed by atoms with Crippen molar-refractivity contribution >= 4 is 40.9 Å². The smallest absolute Gasteiger partial charge is 0.229 e. The molecule has 1 aromatic carbocycles. The van der Waals surface area contributed by atoms with Gasteiger partial charge in [-0.1, -0.05) is 18.5 Å². The topological polar surface area (TPSA) is 121 Å². The summed E-state index contributed by atoms with van der Waals surface area (Å²) in [4.78, 5) is 36.3. The van der Waals surface area contributed by atoms with Gasteiger partial charge in [0.15, 0.2) is 5.82 Å². The Morgan fingerprint density at radius 2 is 1.84 bits per heavy atom. The minimum atomic E-state index is -0.0156.